The van der Waals surface area contributed by atoms with E-state index in [9.17, 15) is 4.79 Å². The molecule has 0 aliphatic heterocycles. The normalized spacial score (nSPS) is 9.90. The van der Waals surface area contributed by atoms with Gasteiger partial charge in [0.05, 0.1) is 14.2 Å². The van der Waals surface area contributed by atoms with Gasteiger partial charge < -0.3 is 19.3 Å². The molecule has 0 amide bonds. The standard InChI is InChI=1S/C15H14O5/c1-18-10-4-3-5-12(8-10)20-14-9-11(19-2)6-7-13(14)15(16)17/h3-9H,1-2H3,(H,16,17). The van der Waals surface area contributed by atoms with Crippen LogP contribution in [0.5, 0.6) is 23.0 Å². The zero-order chi connectivity index (χ0) is 14.5. The van der Waals surface area contributed by atoms with Crippen LogP contribution in [0.1, 0.15) is 10.4 Å². The largest absolute Gasteiger partial charge is 0.497 e. The van der Waals surface area contributed by atoms with Gasteiger partial charge in [0, 0.05) is 12.1 Å². The van der Waals surface area contributed by atoms with E-state index in [0.717, 1.165) is 0 Å². The van der Waals surface area contributed by atoms with Crippen LogP contribution in [0.2, 0.25) is 0 Å². The summed E-state index contributed by atoms with van der Waals surface area (Å²) in [6.45, 7) is 0. The molecule has 0 unspecified atom stereocenters. The fraction of sp³-hybridized carbons (Fsp3) is 0.133. The summed E-state index contributed by atoms with van der Waals surface area (Å²) >= 11 is 0. The van der Waals surface area contributed by atoms with Crippen LogP contribution >= 0.6 is 0 Å². The minimum absolute atomic E-state index is 0.0635. The van der Waals surface area contributed by atoms with Crippen LogP contribution in [0, 0.1) is 0 Å². The number of methoxy groups -OCH3 is 2. The predicted molar refractivity (Wildman–Crippen MR) is 73.0 cm³/mol. The van der Waals surface area contributed by atoms with E-state index in [-0.39, 0.29) is 11.3 Å². The maximum Gasteiger partial charge on any atom is 0.339 e. The molecular formula is C15H14O5. The number of rotatable bonds is 5. The molecule has 5 heteroatoms. The van der Waals surface area contributed by atoms with E-state index < -0.39 is 5.97 Å². The average molecular weight is 274 g/mol. The van der Waals surface area contributed by atoms with E-state index in [1.807, 2.05) is 0 Å². The fourth-order valence-corrected chi connectivity index (χ4v) is 1.68. The first-order valence-electron chi connectivity index (χ1n) is 5.87. The van der Waals surface area contributed by atoms with Crippen LogP contribution in [0.4, 0.5) is 0 Å². The van der Waals surface area contributed by atoms with Gasteiger partial charge in [0.1, 0.15) is 28.6 Å². The Balaban J connectivity index is 2.37. The van der Waals surface area contributed by atoms with E-state index in [4.69, 9.17) is 19.3 Å². The first kappa shape index (κ1) is 13.7. The topological polar surface area (TPSA) is 65.0 Å². The molecule has 1 N–H and O–H groups in total. The van der Waals surface area contributed by atoms with Gasteiger partial charge in [-0.15, -0.1) is 0 Å². The van der Waals surface area contributed by atoms with Crippen LogP contribution in [0.15, 0.2) is 42.5 Å². The summed E-state index contributed by atoms with van der Waals surface area (Å²) in [4.78, 5) is 11.2. The summed E-state index contributed by atoms with van der Waals surface area (Å²) in [7, 11) is 3.05. The Bertz CT molecular complexity index is 621. The maximum atomic E-state index is 11.2. The highest BCUT2D eigenvalue weighted by Crippen LogP contribution is 2.31. The molecule has 0 saturated heterocycles. The van der Waals surface area contributed by atoms with Crippen LogP contribution in [0.3, 0.4) is 0 Å². The predicted octanol–water partition coefficient (Wildman–Crippen LogP) is 3.19. The van der Waals surface area contributed by atoms with Gasteiger partial charge in [-0.3, -0.25) is 0 Å². The second-order valence-electron chi connectivity index (χ2n) is 3.95. The van der Waals surface area contributed by atoms with Gasteiger partial charge in [-0.25, -0.2) is 4.79 Å². The number of hydrogen-bond acceptors (Lipinski definition) is 4. The molecule has 0 aliphatic rings. The monoisotopic (exact) mass is 274 g/mol. The number of carbonyl (C=O) groups is 1. The third kappa shape index (κ3) is 3.00. The van der Waals surface area contributed by atoms with Gasteiger partial charge in [-0.1, -0.05) is 6.07 Å². The molecule has 20 heavy (non-hydrogen) atoms. The molecule has 0 radical (unpaired) electrons. The average Bonchev–Trinajstić information content (AvgIpc) is 2.47. The lowest BCUT2D eigenvalue weighted by atomic mass is 10.2. The van der Waals surface area contributed by atoms with Gasteiger partial charge >= 0.3 is 5.97 Å². The first-order chi connectivity index (χ1) is 9.63. The quantitative estimate of drug-likeness (QED) is 0.907. The summed E-state index contributed by atoms with van der Waals surface area (Å²) in [5.74, 6) is 0.783. The van der Waals surface area contributed by atoms with Crippen LogP contribution < -0.4 is 14.2 Å². The molecular weight excluding hydrogens is 260 g/mol. The molecule has 104 valence electrons. The van der Waals surface area contributed by atoms with Crippen molar-refractivity contribution in [2.24, 2.45) is 0 Å². The Labute approximate surface area is 116 Å². The summed E-state index contributed by atoms with van der Waals surface area (Å²) in [6.07, 6.45) is 0. The first-order valence-corrected chi connectivity index (χ1v) is 5.87. The van der Waals surface area contributed by atoms with Gasteiger partial charge in [-0.2, -0.15) is 0 Å². The Morgan fingerprint density at radius 3 is 2.25 bits per heavy atom. The second-order valence-corrected chi connectivity index (χ2v) is 3.95. The van der Waals surface area contributed by atoms with Crippen molar-refractivity contribution >= 4 is 5.97 Å². The maximum absolute atomic E-state index is 11.2. The highest BCUT2D eigenvalue weighted by atomic mass is 16.5. The lowest BCUT2D eigenvalue weighted by Gasteiger charge is -2.11. The molecule has 0 spiro atoms. The molecule has 0 atom stereocenters. The molecule has 0 saturated carbocycles. The summed E-state index contributed by atoms with van der Waals surface area (Å²) in [5, 5.41) is 9.16. The molecule has 0 fully saturated rings. The van der Waals surface area contributed by atoms with Crippen molar-refractivity contribution in [3.8, 4) is 23.0 Å². The number of ether oxygens (including phenoxy) is 3. The molecule has 0 bridgehead atoms. The van der Waals surface area contributed by atoms with Crippen molar-refractivity contribution in [1.29, 1.82) is 0 Å². The molecule has 2 aromatic rings. The highest BCUT2D eigenvalue weighted by Gasteiger charge is 2.13. The summed E-state index contributed by atoms with van der Waals surface area (Å²) in [6, 6.07) is 11.5. The van der Waals surface area contributed by atoms with Crippen LogP contribution in [-0.4, -0.2) is 25.3 Å². The zero-order valence-electron chi connectivity index (χ0n) is 11.1. The van der Waals surface area contributed by atoms with Crippen molar-refractivity contribution in [3.05, 3.63) is 48.0 Å². The molecule has 5 nitrogen and oxygen atoms in total. The van der Waals surface area contributed by atoms with E-state index in [0.29, 0.717) is 17.2 Å². The van der Waals surface area contributed by atoms with Gasteiger partial charge in [0.2, 0.25) is 0 Å². The van der Waals surface area contributed by atoms with Gasteiger partial charge in [0.15, 0.2) is 0 Å². The number of benzene rings is 2. The molecule has 0 aromatic heterocycles. The number of carboxylic acids is 1. The van der Waals surface area contributed by atoms with Crippen molar-refractivity contribution in [1.82, 2.24) is 0 Å². The summed E-state index contributed by atoms with van der Waals surface area (Å²) in [5.41, 5.74) is 0.0635. The Hall–Kier alpha value is -2.69. The Kier molecular flexibility index (Phi) is 4.10. The molecule has 0 aliphatic carbocycles. The highest BCUT2D eigenvalue weighted by molar-refractivity contribution is 5.91. The van der Waals surface area contributed by atoms with Crippen molar-refractivity contribution in [2.75, 3.05) is 14.2 Å². The Morgan fingerprint density at radius 1 is 0.950 bits per heavy atom. The lowest BCUT2D eigenvalue weighted by molar-refractivity contribution is 0.0694. The molecule has 2 rings (SSSR count). The summed E-state index contributed by atoms with van der Waals surface area (Å²) < 4.78 is 15.8. The van der Waals surface area contributed by atoms with Crippen molar-refractivity contribution < 1.29 is 24.1 Å². The lowest BCUT2D eigenvalue weighted by Crippen LogP contribution is -2.00. The van der Waals surface area contributed by atoms with Crippen molar-refractivity contribution in [2.45, 2.75) is 0 Å². The van der Waals surface area contributed by atoms with E-state index in [2.05, 4.69) is 0 Å². The SMILES string of the molecule is COc1cccc(Oc2cc(OC)ccc2C(=O)O)c1. The third-order valence-electron chi connectivity index (χ3n) is 2.69. The minimum atomic E-state index is -1.06. The van der Waals surface area contributed by atoms with Crippen LogP contribution in [0.25, 0.3) is 0 Å². The minimum Gasteiger partial charge on any atom is -0.497 e. The number of hydrogen-bond donors (Lipinski definition) is 1. The molecule has 0 heterocycles. The number of aromatic carboxylic acids is 1. The third-order valence-corrected chi connectivity index (χ3v) is 2.69. The van der Waals surface area contributed by atoms with Crippen LogP contribution in [-0.2, 0) is 0 Å². The van der Waals surface area contributed by atoms with E-state index >= 15 is 0 Å². The van der Waals surface area contributed by atoms with Gasteiger partial charge in [0.25, 0.3) is 0 Å². The second kappa shape index (κ2) is 5.97. The number of carboxylic acid groups (broad SMARTS) is 1. The van der Waals surface area contributed by atoms with E-state index in [1.165, 1.54) is 19.2 Å². The fourth-order valence-electron chi connectivity index (χ4n) is 1.68. The smallest absolute Gasteiger partial charge is 0.339 e. The van der Waals surface area contributed by atoms with Gasteiger partial charge in [-0.05, 0) is 24.3 Å². The molecule has 2 aromatic carbocycles. The van der Waals surface area contributed by atoms with E-state index in [1.54, 1.807) is 37.4 Å². The van der Waals surface area contributed by atoms with Crippen molar-refractivity contribution in [3.63, 3.8) is 0 Å². The Morgan fingerprint density at radius 2 is 1.60 bits per heavy atom. The zero-order valence-corrected chi connectivity index (χ0v) is 11.1.